The molecular weight excluding hydrogens is 268 g/mol. The number of nitrogen functional groups attached to an aromatic ring is 1. The van der Waals surface area contributed by atoms with Crippen molar-refractivity contribution in [2.75, 3.05) is 24.2 Å². The minimum absolute atomic E-state index is 0.112. The number of hydrogen-bond donors (Lipinski definition) is 3. The van der Waals surface area contributed by atoms with E-state index in [1.54, 1.807) is 6.92 Å². The van der Waals surface area contributed by atoms with Crippen LogP contribution in [0.25, 0.3) is 0 Å². The summed E-state index contributed by atoms with van der Waals surface area (Å²) in [5.74, 6) is -0.223. The van der Waals surface area contributed by atoms with Gasteiger partial charge in [0.1, 0.15) is 12.4 Å². The highest BCUT2D eigenvalue weighted by molar-refractivity contribution is 5.95. The Bertz CT molecular complexity index is 627. The second kappa shape index (κ2) is 6.65. The van der Waals surface area contributed by atoms with Gasteiger partial charge in [0.2, 0.25) is 0 Å². The zero-order valence-corrected chi connectivity index (χ0v) is 11.8. The number of hydrogen-bond acceptors (Lipinski definition) is 4. The summed E-state index contributed by atoms with van der Waals surface area (Å²) in [6, 6.07) is 12.9. The molecule has 0 radical (unpaired) electrons. The van der Waals surface area contributed by atoms with Crippen LogP contribution in [0, 0.1) is 6.92 Å². The lowest BCUT2D eigenvalue weighted by atomic mass is 10.1. The molecule has 110 valence electrons. The lowest BCUT2D eigenvalue weighted by Gasteiger charge is -2.12. The summed E-state index contributed by atoms with van der Waals surface area (Å²) in [6.07, 6.45) is 0. The fraction of sp³-hybridized carbons (Fsp3) is 0.188. The van der Waals surface area contributed by atoms with Gasteiger partial charge in [0.25, 0.3) is 0 Å². The Hall–Kier alpha value is -2.69. The summed E-state index contributed by atoms with van der Waals surface area (Å²) >= 11 is 0. The Labute approximate surface area is 123 Å². The van der Waals surface area contributed by atoms with Crippen molar-refractivity contribution in [1.82, 2.24) is 0 Å². The maximum absolute atomic E-state index is 11.1. The number of aryl methyl sites for hydroxylation is 1. The first-order valence-electron chi connectivity index (χ1n) is 6.63. The molecule has 0 saturated carbocycles. The van der Waals surface area contributed by atoms with Crippen molar-refractivity contribution in [3.05, 3.63) is 53.6 Å². The molecule has 0 aliphatic heterocycles. The Kier molecular flexibility index (Phi) is 4.66. The number of carboxylic acid groups (broad SMARTS) is 1. The monoisotopic (exact) mass is 286 g/mol. The molecular formula is C16H18N2O3. The molecule has 5 heteroatoms. The lowest BCUT2D eigenvalue weighted by Crippen LogP contribution is -2.13. The molecule has 0 fully saturated rings. The van der Waals surface area contributed by atoms with Gasteiger partial charge in [-0.15, -0.1) is 0 Å². The zero-order valence-electron chi connectivity index (χ0n) is 11.8. The largest absolute Gasteiger partial charge is 0.492 e. The fourth-order valence-corrected chi connectivity index (χ4v) is 1.96. The lowest BCUT2D eigenvalue weighted by molar-refractivity contribution is 0.0698. The summed E-state index contributed by atoms with van der Waals surface area (Å²) in [7, 11) is 0. The first-order chi connectivity index (χ1) is 10.1. The quantitative estimate of drug-likeness (QED) is 0.561. The van der Waals surface area contributed by atoms with Crippen LogP contribution in [-0.4, -0.2) is 24.2 Å². The minimum Gasteiger partial charge on any atom is -0.492 e. The van der Waals surface area contributed by atoms with Gasteiger partial charge in [-0.25, -0.2) is 4.79 Å². The van der Waals surface area contributed by atoms with Crippen LogP contribution in [0.4, 0.5) is 11.4 Å². The van der Waals surface area contributed by atoms with Crippen molar-refractivity contribution in [2.24, 2.45) is 0 Å². The van der Waals surface area contributed by atoms with Gasteiger partial charge in [-0.2, -0.15) is 0 Å². The van der Waals surface area contributed by atoms with Crippen molar-refractivity contribution >= 4 is 17.3 Å². The summed E-state index contributed by atoms with van der Waals surface area (Å²) in [5.41, 5.74) is 7.62. The number of nitrogens with one attached hydrogen (secondary N) is 1. The molecule has 0 heterocycles. The van der Waals surface area contributed by atoms with Crippen LogP contribution in [-0.2, 0) is 0 Å². The molecule has 0 unspecified atom stereocenters. The highest BCUT2D eigenvalue weighted by atomic mass is 16.5. The van der Waals surface area contributed by atoms with Gasteiger partial charge >= 0.3 is 5.97 Å². The molecule has 0 amide bonds. The second-order valence-electron chi connectivity index (χ2n) is 4.65. The van der Waals surface area contributed by atoms with Gasteiger partial charge in [0.05, 0.1) is 5.56 Å². The standard InChI is InChI=1S/C16H18N2O3/c1-11-9-12(10-14(15(11)17)16(19)20)18-7-8-21-13-5-3-2-4-6-13/h2-6,9-10,18H,7-8,17H2,1H3,(H,19,20). The molecule has 0 atom stereocenters. The summed E-state index contributed by atoms with van der Waals surface area (Å²) in [4.78, 5) is 11.1. The Morgan fingerprint density at radius 3 is 2.67 bits per heavy atom. The zero-order chi connectivity index (χ0) is 15.2. The van der Waals surface area contributed by atoms with E-state index in [4.69, 9.17) is 15.6 Å². The first kappa shape index (κ1) is 14.7. The van der Waals surface area contributed by atoms with Crippen LogP contribution < -0.4 is 15.8 Å². The van der Waals surface area contributed by atoms with Crippen LogP contribution in [0.1, 0.15) is 15.9 Å². The summed E-state index contributed by atoms with van der Waals surface area (Å²) < 4.78 is 5.56. The summed E-state index contributed by atoms with van der Waals surface area (Å²) in [5, 5.41) is 12.2. The molecule has 0 bridgehead atoms. The number of rotatable bonds is 6. The van der Waals surface area contributed by atoms with E-state index < -0.39 is 5.97 Å². The smallest absolute Gasteiger partial charge is 0.337 e. The van der Waals surface area contributed by atoms with Gasteiger partial charge in [-0.05, 0) is 36.8 Å². The van der Waals surface area contributed by atoms with Gasteiger partial charge in [-0.1, -0.05) is 18.2 Å². The summed E-state index contributed by atoms with van der Waals surface area (Å²) in [6.45, 7) is 2.83. The maximum Gasteiger partial charge on any atom is 0.337 e. The molecule has 21 heavy (non-hydrogen) atoms. The second-order valence-corrected chi connectivity index (χ2v) is 4.65. The number of carbonyl (C=O) groups is 1. The molecule has 5 nitrogen and oxygen atoms in total. The molecule has 0 aliphatic rings. The van der Waals surface area contributed by atoms with E-state index in [1.165, 1.54) is 6.07 Å². The van der Waals surface area contributed by atoms with E-state index in [0.29, 0.717) is 18.8 Å². The number of benzene rings is 2. The average molecular weight is 286 g/mol. The number of aromatic carboxylic acids is 1. The Balaban J connectivity index is 1.93. The molecule has 2 aromatic rings. The minimum atomic E-state index is -1.03. The SMILES string of the molecule is Cc1cc(NCCOc2ccccc2)cc(C(=O)O)c1N. The van der Waals surface area contributed by atoms with E-state index in [0.717, 1.165) is 17.0 Å². The van der Waals surface area contributed by atoms with Gasteiger partial charge in [0.15, 0.2) is 0 Å². The predicted molar refractivity (Wildman–Crippen MR) is 83.0 cm³/mol. The van der Waals surface area contributed by atoms with E-state index in [1.807, 2.05) is 36.4 Å². The normalized spacial score (nSPS) is 10.1. The number of nitrogens with two attached hydrogens (primary N) is 1. The highest BCUT2D eigenvalue weighted by Crippen LogP contribution is 2.22. The molecule has 0 aromatic heterocycles. The van der Waals surface area contributed by atoms with Gasteiger partial charge in [0, 0.05) is 17.9 Å². The molecule has 2 rings (SSSR count). The van der Waals surface area contributed by atoms with Crippen LogP contribution in [0.5, 0.6) is 5.75 Å². The van der Waals surface area contributed by atoms with Crippen molar-refractivity contribution < 1.29 is 14.6 Å². The third kappa shape index (κ3) is 3.89. The van der Waals surface area contributed by atoms with Crippen molar-refractivity contribution in [1.29, 1.82) is 0 Å². The van der Waals surface area contributed by atoms with Crippen molar-refractivity contribution in [3.63, 3.8) is 0 Å². The van der Waals surface area contributed by atoms with E-state index >= 15 is 0 Å². The van der Waals surface area contributed by atoms with Gasteiger partial charge < -0.3 is 20.9 Å². The molecule has 0 saturated heterocycles. The molecule has 4 N–H and O–H groups in total. The average Bonchev–Trinajstić information content (AvgIpc) is 2.47. The number of ether oxygens (including phenoxy) is 1. The number of anilines is 2. The Morgan fingerprint density at radius 2 is 2.00 bits per heavy atom. The van der Waals surface area contributed by atoms with E-state index in [9.17, 15) is 4.79 Å². The predicted octanol–water partition coefficient (Wildman–Crippen LogP) is 2.77. The first-order valence-corrected chi connectivity index (χ1v) is 6.63. The fourth-order valence-electron chi connectivity index (χ4n) is 1.96. The highest BCUT2D eigenvalue weighted by Gasteiger charge is 2.11. The number of para-hydroxylation sites is 1. The maximum atomic E-state index is 11.1. The van der Waals surface area contributed by atoms with Crippen LogP contribution >= 0.6 is 0 Å². The third-order valence-electron chi connectivity index (χ3n) is 3.06. The molecule has 0 spiro atoms. The van der Waals surface area contributed by atoms with Gasteiger partial charge in [-0.3, -0.25) is 0 Å². The van der Waals surface area contributed by atoms with Crippen molar-refractivity contribution in [2.45, 2.75) is 6.92 Å². The van der Waals surface area contributed by atoms with Crippen molar-refractivity contribution in [3.8, 4) is 5.75 Å². The van der Waals surface area contributed by atoms with E-state index in [2.05, 4.69) is 5.32 Å². The van der Waals surface area contributed by atoms with E-state index in [-0.39, 0.29) is 5.56 Å². The van der Waals surface area contributed by atoms with Crippen LogP contribution in [0.15, 0.2) is 42.5 Å². The van der Waals surface area contributed by atoms with Crippen LogP contribution in [0.3, 0.4) is 0 Å². The van der Waals surface area contributed by atoms with Crippen LogP contribution in [0.2, 0.25) is 0 Å². The Morgan fingerprint density at radius 1 is 1.29 bits per heavy atom. The number of carboxylic acids is 1. The molecule has 0 aliphatic carbocycles. The third-order valence-corrected chi connectivity index (χ3v) is 3.06. The molecule has 2 aromatic carbocycles. The topological polar surface area (TPSA) is 84.6 Å².